The van der Waals surface area contributed by atoms with E-state index in [4.69, 9.17) is 0 Å². The molecule has 0 atom stereocenters. The third kappa shape index (κ3) is 2.19. The highest BCUT2D eigenvalue weighted by atomic mass is 19.1. The Hall–Kier alpha value is -1.11. The molecule has 0 amide bonds. The molecular weight excluding hydrogens is 139 g/mol. The molecule has 0 spiro atoms. The molecule has 0 N–H and O–H groups in total. The molecule has 0 aromatic rings. The predicted octanol–water partition coefficient (Wildman–Crippen LogP) is 3.30. The van der Waals surface area contributed by atoms with E-state index in [0.29, 0.717) is 0 Å². The summed E-state index contributed by atoms with van der Waals surface area (Å²) in [7, 11) is 0. The minimum atomic E-state index is -0.201. The van der Waals surface area contributed by atoms with Crippen molar-refractivity contribution in [2.24, 2.45) is 0 Å². The zero-order valence-corrected chi connectivity index (χ0v) is 6.76. The molecule has 1 aliphatic rings. The number of rotatable bonds is 0. The fourth-order valence-corrected chi connectivity index (χ4v) is 0.807. The minimum Gasteiger partial charge on any atom is -0.207 e. The molecule has 0 radical (unpaired) electrons. The lowest BCUT2D eigenvalue weighted by molar-refractivity contribution is 0.667. The second kappa shape index (κ2) is 3.33. The lowest BCUT2D eigenvalue weighted by Crippen LogP contribution is -1.78. The summed E-state index contributed by atoms with van der Waals surface area (Å²) in [5, 5.41) is 0. The highest BCUT2D eigenvalue weighted by molar-refractivity contribution is 5.37. The Morgan fingerprint density at radius 2 is 1.64 bits per heavy atom. The van der Waals surface area contributed by atoms with Gasteiger partial charge < -0.3 is 0 Å². The summed E-state index contributed by atoms with van der Waals surface area (Å²) in [6, 6.07) is 0. The number of allylic oxidation sites excluding steroid dienone is 8. The van der Waals surface area contributed by atoms with Crippen LogP contribution in [-0.4, -0.2) is 0 Å². The molecule has 58 valence electrons. The Balaban J connectivity index is 2.98. The zero-order chi connectivity index (χ0) is 8.27. The van der Waals surface area contributed by atoms with Crippen LogP contribution in [0.25, 0.3) is 0 Å². The van der Waals surface area contributed by atoms with Gasteiger partial charge in [-0.25, -0.2) is 4.39 Å². The van der Waals surface area contributed by atoms with E-state index in [1.807, 2.05) is 19.9 Å². The van der Waals surface area contributed by atoms with Crippen LogP contribution in [0.1, 0.15) is 13.8 Å². The maximum absolute atomic E-state index is 12.6. The van der Waals surface area contributed by atoms with Crippen LogP contribution in [0, 0.1) is 0 Å². The summed E-state index contributed by atoms with van der Waals surface area (Å²) in [5.41, 5.74) is 2.27. The largest absolute Gasteiger partial charge is 0.207 e. The van der Waals surface area contributed by atoms with Gasteiger partial charge >= 0.3 is 0 Å². The monoisotopic (exact) mass is 150 g/mol. The molecule has 0 saturated heterocycles. The summed E-state index contributed by atoms with van der Waals surface area (Å²) in [6.45, 7) is 3.97. The van der Waals surface area contributed by atoms with Crippen molar-refractivity contribution >= 4 is 0 Å². The normalized spacial score (nSPS) is 35.0. The average Bonchev–Trinajstić information content (AvgIpc) is 1.98. The van der Waals surface area contributed by atoms with Crippen molar-refractivity contribution in [2.45, 2.75) is 13.8 Å². The lowest BCUT2D eigenvalue weighted by atomic mass is 10.1. The first kappa shape index (κ1) is 7.99. The fraction of sp³-hybridized carbons (Fsp3) is 0.200. The standard InChI is InChI=1S/C10H11F/c1-8-4-3-5-10(11)7-6-9(8)2/h3-7H,1-2H3/b4-3-,5-3?,7-6-,8-4?,9-6?,9-8-,10-5+,10-7?. The molecule has 0 nitrogen and oxygen atoms in total. The van der Waals surface area contributed by atoms with Gasteiger partial charge in [0.1, 0.15) is 5.83 Å². The molecule has 0 heterocycles. The van der Waals surface area contributed by atoms with Gasteiger partial charge in [-0.05, 0) is 37.1 Å². The van der Waals surface area contributed by atoms with Gasteiger partial charge in [-0.3, -0.25) is 0 Å². The van der Waals surface area contributed by atoms with Crippen molar-refractivity contribution < 1.29 is 4.39 Å². The van der Waals surface area contributed by atoms with Crippen LogP contribution in [0.4, 0.5) is 4.39 Å². The molecule has 11 heavy (non-hydrogen) atoms. The van der Waals surface area contributed by atoms with Gasteiger partial charge in [0.15, 0.2) is 0 Å². The Morgan fingerprint density at radius 1 is 1.00 bits per heavy atom. The first-order chi connectivity index (χ1) is 5.20. The van der Waals surface area contributed by atoms with Crippen LogP contribution in [0.2, 0.25) is 0 Å². The molecule has 1 aliphatic carbocycles. The van der Waals surface area contributed by atoms with Gasteiger partial charge in [-0.1, -0.05) is 18.2 Å². The third-order valence-electron chi connectivity index (χ3n) is 1.72. The summed E-state index contributed by atoms with van der Waals surface area (Å²) in [6.07, 6.45) is 8.33. The average molecular weight is 150 g/mol. The summed E-state index contributed by atoms with van der Waals surface area (Å²) < 4.78 is 12.6. The molecule has 1 heteroatoms. The Morgan fingerprint density at radius 3 is 2.36 bits per heavy atom. The molecule has 0 aromatic heterocycles. The minimum absolute atomic E-state index is 0.201. The van der Waals surface area contributed by atoms with Crippen molar-refractivity contribution in [3.63, 3.8) is 0 Å². The summed E-state index contributed by atoms with van der Waals surface area (Å²) >= 11 is 0. The second-order valence-electron chi connectivity index (χ2n) is 2.61. The first-order valence-corrected chi connectivity index (χ1v) is 3.59. The van der Waals surface area contributed by atoms with Gasteiger partial charge in [-0.15, -0.1) is 0 Å². The van der Waals surface area contributed by atoms with Gasteiger partial charge in [0.25, 0.3) is 0 Å². The van der Waals surface area contributed by atoms with Crippen molar-refractivity contribution in [3.05, 3.63) is 47.4 Å². The van der Waals surface area contributed by atoms with Crippen molar-refractivity contribution in [1.82, 2.24) is 0 Å². The third-order valence-corrected chi connectivity index (χ3v) is 1.72. The molecule has 1 rings (SSSR count). The second-order valence-corrected chi connectivity index (χ2v) is 2.61. The Kier molecular flexibility index (Phi) is 2.42. The molecule has 0 unspecified atom stereocenters. The maximum Gasteiger partial charge on any atom is 0.123 e. The highest BCUT2D eigenvalue weighted by Crippen LogP contribution is 2.11. The van der Waals surface area contributed by atoms with Crippen LogP contribution < -0.4 is 0 Å². The van der Waals surface area contributed by atoms with Crippen LogP contribution in [-0.2, 0) is 0 Å². The molecule has 0 aliphatic heterocycles. The SMILES string of the molecule is CC1=C(C)/C=C\C(F)=C/C=C\1. The summed E-state index contributed by atoms with van der Waals surface area (Å²) in [4.78, 5) is 0. The van der Waals surface area contributed by atoms with Gasteiger partial charge in [0.2, 0.25) is 0 Å². The van der Waals surface area contributed by atoms with Gasteiger partial charge in [0.05, 0.1) is 0 Å². The van der Waals surface area contributed by atoms with Gasteiger partial charge in [-0.2, -0.15) is 0 Å². The number of hydrogen-bond acceptors (Lipinski definition) is 0. The van der Waals surface area contributed by atoms with E-state index >= 15 is 0 Å². The number of halogens is 1. The number of hydrogen-bond donors (Lipinski definition) is 0. The predicted molar refractivity (Wildman–Crippen MR) is 45.8 cm³/mol. The van der Waals surface area contributed by atoms with Crippen LogP contribution in [0.5, 0.6) is 0 Å². The van der Waals surface area contributed by atoms with Gasteiger partial charge in [0, 0.05) is 0 Å². The molecule has 0 bridgehead atoms. The molecule has 0 fully saturated rings. The van der Waals surface area contributed by atoms with E-state index in [1.165, 1.54) is 17.7 Å². The first-order valence-electron chi connectivity index (χ1n) is 3.59. The lowest BCUT2D eigenvalue weighted by Gasteiger charge is -1.98. The zero-order valence-electron chi connectivity index (χ0n) is 6.76. The Bertz CT molecular complexity index is 265. The quantitative estimate of drug-likeness (QED) is 0.497. The highest BCUT2D eigenvalue weighted by Gasteiger charge is 1.92. The van der Waals surface area contributed by atoms with E-state index in [-0.39, 0.29) is 5.83 Å². The van der Waals surface area contributed by atoms with Crippen LogP contribution in [0.15, 0.2) is 47.4 Å². The van der Waals surface area contributed by atoms with Crippen LogP contribution >= 0.6 is 0 Å². The molecular formula is C10H11F. The van der Waals surface area contributed by atoms with Crippen molar-refractivity contribution in [1.29, 1.82) is 0 Å². The summed E-state index contributed by atoms with van der Waals surface area (Å²) in [5.74, 6) is -0.201. The van der Waals surface area contributed by atoms with E-state index in [9.17, 15) is 4.39 Å². The van der Waals surface area contributed by atoms with Crippen molar-refractivity contribution in [2.75, 3.05) is 0 Å². The fourth-order valence-electron chi connectivity index (χ4n) is 0.807. The van der Waals surface area contributed by atoms with Crippen molar-refractivity contribution in [3.8, 4) is 0 Å². The van der Waals surface area contributed by atoms with Crippen LogP contribution in [0.3, 0.4) is 0 Å². The topological polar surface area (TPSA) is 0 Å². The Labute approximate surface area is 66.4 Å². The maximum atomic E-state index is 12.6. The molecule has 0 aromatic carbocycles. The molecule has 0 saturated carbocycles. The van der Waals surface area contributed by atoms with E-state index in [0.717, 1.165) is 5.57 Å². The van der Waals surface area contributed by atoms with E-state index < -0.39 is 0 Å². The smallest absolute Gasteiger partial charge is 0.123 e. The van der Waals surface area contributed by atoms with E-state index in [1.54, 1.807) is 12.2 Å². The van der Waals surface area contributed by atoms with E-state index in [2.05, 4.69) is 0 Å².